The van der Waals surface area contributed by atoms with Crippen LogP contribution in [0.2, 0.25) is 0 Å². The zero-order chi connectivity index (χ0) is 15.4. The molecule has 1 atom stereocenters. The van der Waals surface area contributed by atoms with Gasteiger partial charge in [-0.1, -0.05) is 12.1 Å². The van der Waals surface area contributed by atoms with Crippen molar-refractivity contribution in [1.82, 2.24) is 5.43 Å². The van der Waals surface area contributed by atoms with Gasteiger partial charge < -0.3 is 9.47 Å². The number of hydrogen-bond acceptors (Lipinski definition) is 4. The number of methoxy groups -OCH3 is 2. The van der Waals surface area contributed by atoms with E-state index < -0.39 is 17.7 Å². The molecule has 0 aliphatic carbocycles. The number of ether oxygens (including phenoxy) is 2. The monoisotopic (exact) mass is 294 g/mol. The van der Waals surface area contributed by atoms with Crippen molar-refractivity contribution >= 4 is 0 Å². The fourth-order valence-electron chi connectivity index (χ4n) is 2.13. The Morgan fingerprint density at radius 1 is 1.00 bits per heavy atom. The van der Waals surface area contributed by atoms with Crippen LogP contribution in [0.25, 0.3) is 0 Å². The highest BCUT2D eigenvalue weighted by Crippen LogP contribution is 2.32. The molecule has 112 valence electrons. The third-order valence-corrected chi connectivity index (χ3v) is 3.18. The Labute approximate surface area is 121 Å². The third-order valence-electron chi connectivity index (χ3n) is 3.18. The molecule has 0 spiro atoms. The van der Waals surface area contributed by atoms with Crippen LogP contribution in [0.5, 0.6) is 11.5 Å². The Kier molecular flexibility index (Phi) is 4.72. The summed E-state index contributed by atoms with van der Waals surface area (Å²) in [5.74, 6) is 5.26. The minimum atomic E-state index is -0.673. The van der Waals surface area contributed by atoms with Crippen LogP contribution in [-0.2, 0) is 0 Å². The van der Waals surface area contributed by atoms with Gasteiger partial charge in [-0.15, -0.1) is 0 Å². The summed E-state index contributed by atoms with van der Waals surface area (Å²) in [5, 5.41) is 0. The first-order chi connectivity index (χ1) is 10.1. The van der Waals surface area contributed by atoms with Gasteiger partial charge >= 0.3 is 0 Å². The molecular formula is C15H16F2N2O2. The fourth-order valence-corrected chi connectivity index (χ4v) is 2.13. The van der Waals surface area contributed by atoms with Crippen LogP contribution in [0.1, 0.15) is 17.2 Å². The highest BCUT2D eigenvalue weighted by atomic mass is 19.1. The molecule has 0 aliphatic heterocycles. The van der Waals surface area contributed by atoms with Gasteiger partial charge in [-0.2, -0.15) is 0 Å². The topological polar surface area (TPSA) is 56.5 Å². The van der Waals surface area contributed by atoms with E-state index in [9.17, 15) is 8.78 Å². The minimum Gasteiger partial charge on any atom is -0.493 e. The Balaban J connectivity index is 2.46. The Hall–Kier alpha value is -2.18. The van der Waals surface area contributed by atoms with Crippen LogP contribution in [0.15, 0.2) is 36.4 Å². The van der Waals surface area contributed by atoms with Gasteiger partial charge in [0.1, 0.15) is 11.6 Å². The van der Waals surface area contributed by atoms with Gasteiger partial charge in [0.2, 0.25) is 0 Å². The molecule has 0 aromatic heterocycles. The largest absolute Gasteiger partial charge is 0.493 e. The second kappa shape index (κ2) is 6.51. The summed E-state index contributed by atoms with van der Waals surface area (Å²) in [7, 11) is 3.03. The molecule has 6 heteroatoms. The smallest absolute Gasteiger partial charge is 0.161 e. The van der Waals surface area contributed by atoms with Crippen molar-refractivity contribution in [2.75, 3.05) is 14.2 Å². The summed E-state index contributed by atoms with van der Waals surface area (Å²) in [6.45, 7) is 0. The second-order valence-electron chi connectivity index (χ2n) is 4.38. The molecule has 0 radical (unpaired) electrons. The zero-order valence-corrected chi connectivity index (χ0v) is 11.7. The molecule has 0 fully saturated rings. The molecule has 3 N–H and O–H groups in total. The zero-order valence-electron chi connectivity index (χ0n) is 11.7. The van der Waals surface area contributed by atoms with E-state index in [1.54, 1.807) is 18.2 Å². The van der Waals surface area contributed by atoms with Crippen molar-refractivity contribution in [3.8, 4) is 11.5 Å². The maximum absolute atomic E-state index is 13.9. The van der Waals surface area contributed by atoms with E-state index in [0.29, 0.717) is 17.1 Å². The van der Waals surface area contributed by atoms with E-state index in [2.05, 4.69) is 5.43 Å². The van der Waals surface area contributed by atoms with Crippen molar-refractivity contribution in [3.63, 3.8) is 0 Å². The Bertz CT molecular complexity index is 635. The number of nitrogens with two attached hydrogens (primary N) is 1. The molecule has 0 saturated heterocycles. The molecule has 2 rings (SSSR count). The van der Waals surface area contributed by atoms with Gasteiger partial charge in [-0.3, -0.25) is 5.84 Å². The van der Waals surface area contributed by atoms with E-state index in [1.165, 1.54) is 26.4 Å². The highest BCUT2D eigenvalue weighted by molar-refractivity contribution is 5.46. The van der Waals surface area contributed by atoms with E-state index in [1.807, 2.05) is 0 Å². The third kappa shape index (κ3) is 3.12. The summed E-state index contributed by atoms with van der Waals surface area (Å²) in [6.07, 6.45) is 0. The molecule has 2 aromatic rings. The SMILES string of the molecule is COc1ccc(C(NN)c2ccc(F)cc2F)cc1OC. The number of benzene rings is 2. The average molecular weight is 294 g/mol. The predicted octanol–water partition coefficient (Wildman–Crippen LogP) is 2.53. The van der Waals surface area contributed by atoms with Crippen LogP contribution in [0, 0.1) is 11.6 Å². The lowest BCUT2D eigenvalue weighted by Gasteiger charge is -2.19. The van der Waals surface area contributed by atoms with Crippen LogP contribution in [0.4, 0.5) is 8.78 Å². The number of rotatable bonds is 5. The summed E-state index contributed by atoms with van der Waals surface area (Å²) in [5.41, 5.74) is 3.43. The molecule has 1 unspecified atom stereocenters. The molecule has 0 amide bonds. The number of hydrogen-bond donors (Lipinski definition) is 2. The molecule has 0 aliphatic rings. The summed E-state index contributed by atoms with van der Waals surface area (Å²) >= 11 is 0. The normalized spacial score (nSPS) is 12.0. The summed E-state index contributed by atoms with van der Waals surface area (Å²) in [4.78, 5) is 0. The van der Waals surface area contributed by atoms with Crippen LogP contribution < -0.4 is 20.7 Å². The minimum absolute atomic E-state index is 0.242. The average Bonchev–Trinajstić information content (AvgIpc) is 2.49. The van der Waals surface area contributed by atoms with E-state index >= 15 is 0 Å². The maximum Gasteiger partial charge on any atom is 0.161 e. The van der Waals surface area contributed by atoms with Crippen molar-refractivity contribution < 1.29 is 18.3 Å². The first kappa shape index (κ1) is 15.2. The van der Waals surface area contributed by atoms with Gasteiger partial charge in [0.05, 0.1) is 20.3 Å². The molecule has 0 heterocycles. The van der Waals surface area contributed by atoms with Crippen LogP contribution in [-0.4, -0.2) is 14.2 Å². The maximum atomic E-state index is 13.9. The molecular weight excluding hydrogens is 278 g/mol. The number of nitrogens with one attached hydrogen (secondary N) is 1. The molecule has 4 nitrogen and oxygen atoms in total. The van der Waals surface area contributed by atoms with E-state index in [-0.39, 0.29) is 5.56 Å². The van der Waals surface area contributed by atoms with Crippen LogP contribution in [0.3, 0.4) is 0 Å². The Morgan fingerprint density at radius 3 is 2.29 bits per heavy atom. The molecule has 0 saturated carbocycles. The van der Waals surface area contributed by atoms with Crippen molar-refractivity contribution in [1.29, 1.82) is 0 Å². The lowest BCUT2D eigenvalue weighted by Crippen LogP contribution is -2.29. The lowest BCUT2D eigenvalue weighted by atomic mass is 9.98. The lowest BCUT2D eigenvalue weighted by molar-refractivity contribution is 0.354. The quantitative estimate of drug-likeness (QED) is 0.657. The Morgan fingerprint density at radius 2 is 1.71 bits per heavy atom. The predicted molar refractivity (Wildman–Crippen MR) is 75.1 cm³/mol. The summed E-state index contributed by atoms with van der Waals surface area (Å²) < 4.78 is 37.3. The van der Waals surface area contributed by atoms with E-state index in [0.717, 1.165) is 6.07 Å². The first-order valence-electron chi connectivity index (χ1n) is 6.23. The van der Waals surface area contributed by atoms with Crippen LogP contribution >= 0.6 is 0 Å². The fraction of sp³-hybridized carbons (Fsp3) is 0.200. The number of halogens is 2. The van der Waals surface area contributed by atoms with E-state index in [4.69, 9.17) is 15.3 Å². The first-order valence-corrected chi connectivity index (χ1v) is 6.23. The summed E-state index contributed by atoms with van der Waals surface area (Å²) in [6, 6.07) is 7.83. The van der Waals surface area contributed by atoms with Crippen molar-refractivity contribution in [3.05, 3.63) is 59.2 Å². The molecule has 0 bridgehead atoms. The molecule has 2 aromatic carbocycles. The van der Waals surface area contributed by atoms with Crippen molar-refractivity contribution in [2.24, 2.45) is 5.84 Å². The van der Waals surface area contributed by atoms with Gasteiger partial charge in [0.25, 0.3) is 0 Å². The second-order valence-corrected chi connectivity index (χ2v) is 4.38. The van der Waals surface area contributed by atoms with Gasteiger partial charge in [0, 0.05) is 11.6 Å². The van der Waals surface area contributed by atoms with Gasteiger partial charge in [-0.05, 0) is 23.8 Å². The molecule has 21 heavy (non-hydrogen) atoms. The standard InChI is InChI=1S/C15H16F2N2O2/c1-20-13-6-3-9(7-14(13)21-2)15(19-18)11-5-4-10(16)8-12(11)17/h3-8,15,19H,18H2,1-2H3. The van der Waals surface area contributed by atoms with Gasteiger partial charge in [-0.25, -0.2) is 14.2 Å². The van der Waals surface area contributed by atoms with Gasteiger partial charge in [0.15, 0.2) is 11.5 Å². The number of hydrazine groups is 1. The highest BCUT2D eigenvalue weighted by Gasteiger charge is 2.19. The van der Waals surface area contributed by atoms with Crippen molar-refractivity contribution in [2.45, 2.75) is 6.04 Å².